The van der Waals surface area contributed by atoms with Gasteiger partial charge in [0.25, 0.3) is 0 Å². The molecular formula is C15H23ClN2O. The molecule has 106 valence electrons. The van der Waals surface area contributed by atoms with Crippen LogP contribution >= 0.6 is 11.6 Å². The molecule has 0 spiro atoms. The van der Waals surface area contributed by atoms with Crippen LogP contribution in [0.5, 0.6) is 5.75 Å². The van der Waals surface area contributed by atoms with Gasteiger partial charge < -0.3 is 15.0 Å². The highest BCUT2D eigenvalue weighted by atomic mass is 35.5. The number of nitrogens with zero attached hydrogens (tertiary/aromatic N) is 1. The molecule has 1 aromatic carbocycles. The second-order valence-corrected chi connectivity index (χ2v) is 5.45. The zero-order valence-electron chi connectivity index (χ0n) is 11.9. The maximum Gasteiger partial charge on any atom is 0.121 e. The third kappa shape index (κ3) is 3.15. The number of hydrogen-bond acceptors (Lipinski definition) is 3. The van der Waals surface area contributed by atoms with Gasteiger partial charge in [-0.05, 0) is 25.0 Å². The molecule has 1 saturated heterocycles. The monoisotopic (exact) mass is 282 g/mol. The molecule has 0 saturated carbocycles. The van der Waals surface area contributed by atoms with E-state index in [4.69, 9.17) is 16.3 Å². The molecule has 1 aliphatic rings. The Labute approximate surface area is 120 Å². The van der Waals surface area contributed by atoms with E-state index in [2.05, 4.69) is 24.1 Å². The zero-order chi connectivity index (χ0) is 13.8. The normalized spacial score (nSPS) is 23.5. The Kier molecular flexibility index (Phi) is 4.94. The molecule has 1 N–H and O–H groups in total. The smallest absolute Gasteiger partial charge is 0.121 e. The minimum Gasteiger partial charge on any atom is -0.497 e. The number of nitrogens with one attached hydrogen (secondary N) is 1. The molecule has 4 heteroatoms. The Morgan fingerprint density at radius 1 is 1.37 bits per heavy atom. The lowest BCUT2D eigenvalue weighted by atomic mass is 10.0. The predicted molar refractivity (Wildman–Crippen MR) is 81.5 cm³/mol. The quantitative estimate of drug-likeness (QED) is 0.917. The van der Waals surface area contributed by atoms with Gasteiger partial charge >= 0.3 is 0 Å². The van der Waals surface area contributed by atoms with Crippen molar-refractivity contribution >= 4 is 17.3 Å². The molecule has 1 aliphatic heterocycles. The molecule has 0 aliphatic carbocycles. The minimum atomic E-state index is 0.493. The summed E-state index contributed by atoms with van der Waals surface area (Å²) in [5, 5.41) is 4.40. The van der Waals surface area contributed by atoms with Crippen LogP contribution in [0, 0.1) is 0 Å². The van der Waals surface area contributed by atoms with Crippen molar-refractivity contribution < 1.29 is 4.74 Å². The molecule has 0 radical (unpaired) electrons. The van der Waals surface area contributed by atoms with E-state index in [1.165, 1.54) is 0 Å². The van der Waals surface area contributed by atoms with Gasteiger partial charge in [-0.25, -0.2) is 0 Å². The second-order valence-electron chi connectivity index (χ2n) is 5.05. The summed E-state index contributed by atoms with van der Waals surface area (Å²) >= 11 is 6.38. The lowest BCUT2D eigenvalue weighted by Crippen LogP contribution is -2.56. The predicted octanol–water partition coefficient (Wildman–Crippen LogP) is 3.32. The van der Waals surface area contributed by atoms with E-state index in [0.29, 0.717) is 12.1 Å². The number of ether oxygens (including phenoxy) is 1. The van der Waals surface area contributed by atoms with E-state index < -0.39 is 0 Å². The fourth-order valence-corrected chi connectivity index (χ4v) is 2.86. The molecule has 3 nitrogen and oxygen atoms in total. The van der Waals surface area contributed by atoms with Gasteiger partial charge in [-0.1, -0.05) is 25.4 Å². The average molecular weight is 283 g/mol. The van der Waals surface area contributed by atoms with Crippen molar-refractivity contribution in [3.63, 3.8) is 0 Å². The van der Waals surface area contributed by atoms with Crippen molar-refractivity contribution in [2.24, 2.45) is 0 Å². The van der Waals surface area contributed by atoms with Crippen molar-refractivity contribution in [3.8, 4) is 5.75 Å². The topological polar surface area (TPSA) is 24.5 Å². The SMILES string of the molecule is CCC1CN(c2cc(OC)ccc2Cl)C(CC)CN1. The first-order valence-electron chi connectivity index (χ1n) is 7.03. The summed E-state index contributed by atoms with van der Waals surface area (Å²) in [4.78, 5) is 2.43. The summed E-state index contributed by atoms with van der Waals surface area (Å²) in [6, 6.07) is 6.90. The van der Waals surface area contributed by atoms with Crippen molar-refractivity contribution in [2.75, 3.05) is 25.1 Å². The highest BCUT2D eigenvalue weighted by Crippen LogP contribution is 2.33. The molecule has 1 fully saturated rings. The second kappa shape index (κ2) is 6.49. The van der Waals surface area contributed by atoms with E-state index in [1.54, 1.807) is 7.11 Å². The Morgan fingerprint density at radius 2 is 2.16 bits per heavy atom. The van der Waals surface area contributed by atoms with Crippen LogP contribution in [0.1, 0.15) is 26.7 Å². The minimum absolute atomic E-state index is 0.493. The maximum atomic E-state index is 6.38. The zero-order valence-corrected chi connectivity index (χ0v) is 12.7. The third-order valence-electron chi connectivity index (χ3n) is 3.93. The van der Waals surface area contributed by atoms with Gasteiger partial charge in [0.05, 0.1) is 17.8 Å². The number of piperazine rings is 1. The highest BCUT2D eigenvalue weighted by molar-refractivity contribution is 6.33. The summed E-state index contributed by atoms with van der Waals surface area (Å²) in [7, 11) is 1.69. The van der Waals surface area contributed by atoms with Crippen LogP contribution in [-0.2, 0) is 0 Å². The lowest BCUT2D eigenvalue weighted by Gasteiger charge is -2.42. The van der Waals surface area contributed by atoms with Crippen LogP contribution in [0.2, 0.25) is 5.02 Å². The van der Waals surface area contributed by atoms with Gasteiger partial charge in [0, 0.05) is 31.2 Å². The van der Waals surface area contributed by atoms with Crippen molar-refractivity contribution in [2.45, 2.75) is 38.8 Å². The third-order valence-corrected chi connectivity index (χ3v) is 4.25. The Hall–Kier alpha value is -0.930. The number of rotatable bonds is 4. The van der Waals surface area contributed by atoms with Gasteiger partial charge in [-0.15, -0.1) is 0 Å². The number of halogens is 1. The molecule has 1 aromatic rings. The van der Waals surface area contributed by atoms with E-state index >= 15 is 0 Å². The number of methoxy groups -OCH3 is 1. The Bertz CT molecular complexity index is 425. The first-order valence-corrected chi connectivity index (χ1v) is 7.40. The fourth-order valence-electron chi connectivity index (χ4n) is 2.64. The average Bonchev–Trinajstić information content (AvgIpc) is 2.47. The molecule has 19 heavy (non-hydrogen) atoms. The highest BCUT2D eigenvalue weighted by Gasteiger charge is 2.27. The van der Waals surface area contributed by atoms with E-state index in [0.717, 1.165) is 42.4 Å². The molecule has 1 heterocycles. The van der Waals surface area contributed by atoms with Gasteiger partial charge in [0.2, 0.25) is 0 Å². The van der Waals surface area contributed by atoms with Crippen LogP contribution in [0.25, 0.3) is 0 Å². The van der Waals surface area contributed by atoms with E-state index in [1.807, 2.05) is 18.2 Å². The van der Waals surface area contributed by atoms with Crippen molar-refractivity contribution in [1.82, 2.24) is 5.32 Å². The number of benzene rings is 1. The summed E-state index contributed by atoms with van der Waals surface area (Å²) < 4.78 is 5.32. The Morgan fingerprint density at radius 3 is 2.79 bits per heavy atom. The van der Waals surface area contributed by atoms with Crippen LogP contribution in [-0.4, -0.2) is 32.3 Å². The summed E-state index contributed by atoms with van der Waals surface area (Å²) in [6.45, 7) is 6.46. The molecule has 0 bridgehead atoms. The van der Waals surface area contributed by atoms with Crippen LogP contribution < -0.4 is 15.0 Å². The molecular weight excluding hydrogens is 260 g/mol. The standard InChI is InChI=1S/C15H23ClN2O/c1-4-11-10-18(12(5-2)9-17-11)15-8-13(19-3)6-7-14(15)16/h6-8,11-12,17H,4-5,9-10H2,1-3H3. The first-order chi connectivity index (χ1) is 9.19. The van der Waals surface area contributed by atoms with Gasteiger partial charge in [-0.3, -0.25) is 0 Å². The summed E-state index contributed by atoms with van der Waals surface area (Å²) in [5.41, 5.74) is 1.09. The van der Waals surface area contributed by atoms with Crippen molar-refractivity contribution in [3.05, 3.63) is 23.2 Å². The molecule has 2 rings (SSSR count). The van der Waals surface area contributed by atoms with Gasteiger partial charge in [0.15, 0.2) is 0 Å². The Balaban J connectivity index is 2.30. The lowest BCUT2D eigenvalue weighted by molar-refractivity contribution is 0.377. The summed E-state index contributed by atoms with van der Waals surface area (Å²) in [5.74, 6) is 0.862. The summed E-state index contributed by atoms with van der Waals surface area (Å²) in [6.07, 6.45) is 2.24. The van der Waals surface area contributed by atoms with Gasteiger partial charge in [0.1, 0.15) is 5.75 Å². The number of hydrogen-bond donors (Lipinski definition) is 1. The van der Waals surface area contributed by atoms with Crippen LogP contribution in [0.3, 0.4) is 0 Å². The molecule has 0 aromatic heterocycles. The maximum absolute atomic E-state index is 6.38. The first kappa shape index (κ1) is 14.5. The molecule has 2 atom stereocenters. The van der Waals surface area contributed by atoms with E-state index in [-0.39, 0.29) is 0 Å². The van der Waals surface area contributed by atoms with Crippen LogP contribution in [0.15, 0.2) is 18.2 Å². The fraction of sp³-hybridized carbons (Fsp3) is 0.600. The number of anilines is 1. The largest absolute Gasteiger partial charge is 0.497 e. The van der Waals surface area contributed by atoms with Gasteiger partial charge in [-0.2, -0.15) is 0 Å². The molecule has 0 amide bonds. The van der Waals surface area contributed by atoms with Crippen molar-refractivity contribution in [1.29, 1.82) is 0 Å². The van der Waals surface area contributed by atoms with Crippen LogP contribution in [0.4, 0.5) is 5.69 Å². The van der Waals surface area contributed by atoms with E-state index in [9.17, 15) is 0 Å². The molecule has 2 unspecified atom stereocenters.